The number of aryl methyl sites for hydroxylation is 3. The van der Waals surface area contributed by atoms with Gasteiger partial charge in [0, 0.05) is 18.8 Å². The fourth-order valence-electron chi connectivity index (χ4n) is 3.90. The number of carbonyl (C=O) groups is 1. The zero-order chi connectivity index (χ0) is 19.0. The van der Waals surface area contributed by atoms with E-state index in [0.29, 0.717) is 0 Å². The molecule has 1 aliphatic heterocycles. The molecule has 0 aliphatic carbocycles. The fourth-order valence-corrected chi connectivity index (χ4v) is 3.90. The van der Waals surface area contributed by atoms with Crippen LogP contribution >= 0.6 is 0 Å². The van der Waals surface area contributed by atoms with Gasteiger partial charge >= 0.3 is 0 Å². The first kappa shape index (κ1) is 17.5. The number of para-hydroxylation sites is 1. The molecule has 0 bridgehead atoms. The molecule has 3 aromatic rings. The highest BCUT2D eigenvalue weighted by atomic mass is 16.5. The molecule has 1 aromatic carbocycles. The maximum atomic E-state index is 12.9. The number of hydrogen-bond donors (Lipinski definition) is 0. The van der Waals surface area contributed by atoms with Crippen LogP contribution in [0.4, 0.5) is 0 Å². The summed E-state index contributed by atoms with van der Waals surface area (Å²) in [5.74, 6) is 0.810. The number of rotatable bonds is 4. The summed E-state index contributed by atoms with van der Waals surface area (Å²) in [7, 11) is 0. The van der Waals surface area contributed by atoms with Crippen molar-refractivity contribution in [2.24, 2.45) is 0 Å². The SMILES string of the molecule is Cc1cc2nccc(C3CCCN3C(=O)COc3c(C)cccc3C)n2n1. The number of nitrogens with zero attached hydrogens (tertiary/aromatic N) is 4. The predicted octanol–water partition coefficient (Wildman–Crippen LogP) is 3.40. The third-order valence-corrected chi connectivity index (χ3v) is 5.17. The van der Waals surface area contributed by atoms with Gasteiger partial charge in [0.2, 0.25) is 0 Å². The second-order valence-corrected chi connectivity index (χ2v) is 7.18. The fraction of sp³-hybridized carbons (Fsp3) is 0.381. The standard InChI is InChI=1S/C21H24N4O2/c1-14-6-4-7-15(2)21(14)27-13-20(26)24-11-5-8-17(24)18-9-10-22-19-12-16(3)23-25(18)19/h4,6-7,9-10,12,17H,5,8,11,13H2,1-3H3. The van der Waals surface area contributed by atoms with Gasteiger partial charge in [0.1, 0.15) is 5.75 Å². The minimum absolute atomic E-state index is 0.00358. The van der Waals surface area contributed by atoms with Gasteiger partial charge in [0.05, 0.1) is 17.4 Å². The van der Waals surface area contributed by atoms with E-state index in [1.165, 1.54) is 0 Å². The second-order valence-electron chi connectivity index (χ2n) is 7.18. The minimum atomic E-state index is 0.00358. The van der Waals surface area contributed by atoms with E-state index in [-0.39, 0.29) is 18.6 Å². The van der Waals surface area contributed by atoms with E-state index in [4.69, 9.17) is 4.74 Å². The molecule has 1 atom stereocenters. The Kier molecular flexibility index (Phi) is 4.56. The van der Waals surface area contributed by atoms with Gasteiger partial charge in [0.25, 0.3) is 5.91 Å². The lowest BCUT2D eigenvalue weighted by Gasteiger charge is -2.25. The molecule has 1 fully saturated rings. The quantitative estimate of drug-likeness (QED) is 0.712. The monoisotopic (exact) mass is 364 g/mol. The third-order valence-electron chi connectivity index (χ3n) is 5.17. The van der Waals surface area contributed by atoms with Crippen LogP contribution in [-0.2, 0) is 4.79 Å². The van der Waals surface area contributed by atoms with Gasteiger partial charge in [-0.05, 0) is 50.8 Å². The summed E-state index contributed by atoms with van der Waals surface area (Å²) in [6, 6.07) is 9.91. The molecule has 4 rings (SSSR count). The molecule has 1 saturated heterocycles. The van der Waals surface area contributed by atoms with Gasteiger partial charge in [-0.25, -0.2) is 9.50 Å². The molecule has 0 N–H and O–H groups in total. The number of hydrogen-bond acceptors (Lipinski definition) is 4. The molecule has 1 unspecified atom stereocenters. The lowest BCUT2D eigenvalue weighted by molar-refractivity contribution is -0.134. The van der Waals surface area contributed by atoms with Crippen molar-refractivity contribution in [3.05, 3.63) is 59.0 Å². The molecule has 0 spiro atoms. The predicted molar refractivity (Wildman–Crippen MR) is 103 cm³/mol. The average Bonchev–Trinajstić information content (AvgIpc) is 3.26. The summed E-state index contributed by atoms with van der Waals surface area (Å²) < 4.78 is 7.75. The zero-order valence-electron chi connectivity index (χ0n) is 16.0. The van der Waals surface area contributed by atoms with Crippen molar-refractivity contribution in [2.75, 3.05) is 13.2 Å². The Morgan fingerprint density at radius 3 is 2.78 bits per heavy atom. The number of benzene rings is 1. The van der Waals surface area contributed by atoms with E-state index in [9.17, 15) is 4.79 Å². The number of ether oxygens (including phenoxy) is 1. The summed E-state index contributed by atoms with van der Waals surface area (Å²) in [6.45, 7) is 6.74. The number of carbonyl (C=O) groups excluding carboxylic acids is 1. The Bertz CT molecular complexity index is 975. The number of amides is 1. The normalized spacial score (nSPS) is 16.9. The second kappa shape index (κ2) is 7.02. The molecular formula is C21H24N4O2. The van der Waals surface area contributed by atoms with Crippen LogP contribution < -0.4 is 4.74 Å². The first-order valence-corrected chi connectivity index (χ1v) is 9.34. The Balaban J connectivity index is 1.55. The van der Waals surface area contributed by atoms with Gasteiger partial charge in [-0.3, -0.25) is 4.79 Å². The molecule has 0 saturated carbocycles. The lowest BCUT2D eigenvalue weighted by atomic mass is 10.1. The van der Waals surface area contributed by atoms with Gasteiger partial charge in [-0.15, -0.1) is 0 Å². The molecule has 3 heterocycles. The highest BCUT2D eigenvalue weighted by Crippen LogP contribution is 2.32. The van der Waals surface area contributed by atoms with Crippen LogP contribution in [0.15, 0.2) is 36.5 Å². The number of likely N-dealkylation sites (tertiary alicyclic amines) is 1. The number of fused-ring (bicyclic) bond motifs is 1. The first-order valence-electron chi connectivity index (χ1n) is 9.34. The Morgan fingerprint density at radius 1 is 1.22 bits per heavy atom. The van der Waals surface area contributed by atoms with Crippen LogP contribution in [-0.4, -0.2) is 38.6 Å². The van der Waals surface area contributed by atoms with E-state index >= 15 is 0 Å². The van der Waals surface area contributed by atoms with Crippen molar-refractivity contribution in [2.45, 2.75) is 39.7 Å². The van der Waals surface area contributed by atoms with Gasteiger partial charge in [-0.2, -0.15) is 5.10 Å². The molecule has 140 valence electrons. The van der Waals surface area contributed by atoms with E-state index in [0.717, 1.165) is 53.3 Å². The maximum absolute atomic E-state index is 12.9. The van der Waals surface area contributed by atoms with Crippen LogP contribution in [0.5, 0.6) is 5.75 Å². The molecular weight excluding hydrogens is 340 g/mol. The molecule has 1 aliphatic rings. The van der Waals surface area contributed by atoms with Crippen molar-refractivity contribution in [1.82, 2.24) is 19.5 Å². The summed E-state index contributed by atoms with van der Waals surface area (Å²) >= 11 is 0. The van der Waals surface area contributed by atoms with Crippen molar-refractivity contribution in [3.63, 3.8) is 0 Å². The highest BCUT2D eigenvalue weighted by Gasteiger charge is 2.32. The first-order chi connectivity index (χ1) is 13.0. The highest BCUT2D eigenvalue weighted by molar-refractivity contribution is 5.78. The van der Waals surface area contributed by atoms with E-state index in [1.54, 1.807) is 6.20 Å². The largest absolute Gasteiger partial charge is 0.483 e. The summed E-state index contributed by atoms with van der Waals surface area (Å²) in [5.41, 5.74) is 4.83. The van der Waals surface area contributed by atoms with Crippen molar-refractivity contribution in [1.29, 1.82) is 0 Å². The van der Waals surface area contributed by atoms with Crippen LogP contribution in [0.25, 0.3) is 5.65 Å². The smallest absolute Gasteiger partial charge is 0.261 e. The molecule has 1 amide bonds. The topological polar surface area (TPSA) is 59.7 Å². The molecule has 6 nitrogen and oxygen atoms in total. The Hall–Kier alpha value is -2.89. The van der Waals surface area contributed by atoms with Crippen molar-refractivity contribution >= 4 is 11.6 Å². The van der Waals surface area contributed by atoms with Crippen LogP contribution in [0.3, 0.4) is 0 Å². The van der Waals surface area contributed by atoms with Crippen LogP contribution in [0, 0.1) is 20.8 Å². The van der Waals surface area contributed by atoms with Crippen LogP contribution in [0.2, 0.25) is 0 Å². The molecule has 0 radical (unpaired) electrons. The third kappa shape index (κ3) is 3.27. The summed E-state index contributed by atoms with van der Waals surface area (Å²) in [6.07, 6.45) is 3.69. The van der Waals surface area contributed by atoms with Crippen molar-refractivity contribution in [3.8, 4) is 5.75 Å². The van der Waals surface area contributed by atoms with Crippen molar-refractivity contribution < 1.29 is 9.53 Å². The zero-order valence-corrected chi connectivity index (χ0v) is 16.0. The van der Waals surface area contributed by atoms with E-state index in [2.05, 4.69) is 10.1 Å². The average molecular weight is 364 g/mol. The van der Waals surface area contributed by atoms with Gasteiger partial charge in [-0.1, -0.05) is 18.2 Å². The van der Waals surface area contributed by atoms with E-state index < -0.39 is 0 Å². The Morgan fingerprint density at radius 2 is 2.00 bits per heavy atom. The van der Waals surface area contributed by atoms with E-state index in [1.807, 2.05) is 60.5 Å². The van der Waals surface area contributed by atoms with Crippen LogP contribution in [0.1, 0.15) is 41.4 Å². The lowest BCUT2D eigenvalue weighted by Crippen LogP contribution is -2.35. The summed E-state index contributed by atoms with van der Waals surface area (Å²) in [5, 5.41) is 4.55. The Labute approximate surface area is 158 Å². The maximum Gasteiger partial charge on any atom is 0.261 e. The van der Waals surface area contributed by atoms with Gasteiger partial charge < -0.3 is 9.64 Å². The molecule has 27 heavy (non-hydrogen) atoms. The molecule has 2 aromatic heterocycles. The minimum Gasteiger partial charge on any atom is -0.483 e. The summed E-state index contributed by atoms with van der Waals surface area (Å²) in [4.78, 5) is 19.2. The number of aromatic nitrogens is 3. The van der Waals surface area contributed by atoms with Gasteiger partial charge in [0.15, 0.2) is 12.3 Å². The molecule has 6 heteroatoms.